The van der Waals surface area contributed by atoms with Crippen molar-refractivity contribution in [2.45, 2.75) is 30.9 Å². The van der Waals surface area contributed by atoms with E-state index in [-0.39, 0.29) is 0 Å². The van der Waals surface area contributed by atoms with Crippen LogP contribution >= 0.6 is 0 Å². The summed E-state index contributed by atoms with van der Waals surface area (Å²) in [6, 6.07) is -1.19. The van der Waals surface area contributed by atoms with Gasteiger partial charge in [0, 0.05) is 0 Å². The van der Waals surface area contributed by atoms with Crippen LogP contribution in [0.1, 0.15) is 6.92 Å². The summed E-state index contributed by atoms with van der Waals surface area (Å²) in [6.45, 7) is 0.684. The second-order valence-electron chi connectivity index (χ2n) is 2.86. The average molecular weight is 180 g/mol. The molecule has 0 spiro atoms. The van der Waals surface area contributed by atoms with Gasteiger partial charge in [-0.05, 0) is 6.92 Å². The third-order valence-electron chi connectivity index (χ3n) is 1.72. The third kappa shape index (κ3) is 2.37. The lowest BCUT2D eigenvalue weighted by Gasteiger charge is -2.34. The van der Waals surface area contributed by atoms with Crippen molar-refractivity contribution in [2.75, 3.05) is 6.61 Å². The normalized spacial score (nSPS) is 24.2. The Morgan fingerprint density at radius 1 is 1.42 bits per heavy atom. The van der Waals surface area contributed by atoms with Gasteiger partial charge in [-0.15, -0.1) is 0 Å². The van der Waals surface area contributed by atoms with Crippen LogP contribution in [0, 0.1) is 0 Å². The van der Waals surface area contributed by atoms with Gasteiger partial charge in [-0.2, -0.15) is 0 Å². The van der Waals surface area contributed by atoms with E-state index in [9.17, 15) is 5.11 Å². The smallest absolute Gasteiger partial charge is 0.159 e. The maximum Gasteiger partial charge on any atom is 0.159 e. The molecule has 0 aliphatic rings. The Kier molecular flexibility index (Phi) is 4.04. The summed E-state index contributed by atoms with van der Waals surface area (Å²) in [4.78, 5) is 0. The van der Waals surface area contributed by atoms with Gasteiger partial charge in [0.15, 0.2) is 5.72 Å². The van der Waals surface area contributed by atoms with Crippen molar-refractivity contribution in [3.05, 3.63) is 0 Å². The van der Waals surface area contributed by atoms with Gasteiger partial charge in [-0.25, -0.2) is 0 Å². The number of hydrogen-bond acceptors (Lipinski definition) is 6. The highest BCUT2D eigenvalue weighted by atomic mass is 16.4. The van der Waals surface area contributed by atoms with E-state index in [2.05, 4.69) is 0 Å². The first kappa shape index (κ1) is 11.8. The summed E-state index contributed by atoms with van der Waals surface area (Å²) in [5.74, 6) is 0. The molecule has 8 N–H and O–H groups in total. The molecule has 0 fully saturated rings. The molecule has 0 rings (SSSR count). The summed E-state index contributed by atoms with van der Waals surface area (Å²) in [5.41, 5.74) is 8.19. The van der Waals surface area contributed by atoms with Gasteiger partial charge in [0.1, 0.15) is 6.10 Å². The van der Waals surface area contributed by atoms with Crippen molar-refractivity contribution in [3.63, 3.8) is 0 Å². The molecule has 0 radical (unpaired) electrons. The molecule has 12 heavy (non-hydrogen) atoms. The molecule has 0 aromatic carbocycles. The first-order valence-corrected chi connectivity index (χ1v) is 3.57. The monoisotopic (exact) mass is 180 g/mol. The SMILES string of the molecule is CC(O)C(O)C(N)(O)C(N)CO. The molecule has 0 aliphatic carbocycles. The predicted molar refractivity (Wildman–Crippen MR) is 41.9 cm³/mol. The quantitative estimate of drug-likeness (QED) is 0.251. The molecule has 0 heterocycles. The van der Waals surface area contributed by atoms with Crippen molar-refractivity contribution in [1.82, 2.24) is 0 Å². The molecule has 6 nitrogen and oxygen atoms in total. The highest BCUT2D eigenvalue weighted by Crippen LogP contribution is 2.10. The van der Waals surface area contributed by atoms with Gasteiger partial charge in [0.05, 0.1) is 18.8 Å². The van der Waals surface area contributed by atoms with E-state index in [1.807, 2.05) is 0 Å². The summed E-state index contributed by atoms with van der Waals surface area (Å²) >= 11 is 0. The van der Waals surface area contributed by atoms with Gasteiger partial charge in [-0.1, -0.05) is 0 Å². The van der Waals surface area contributed by atoms with E-state index >= 15 is 0 Å². The molecule has 0 aromatic heterocycles. The van der Waals surface area contributed by atoms with Crippen molar-refractivity contribution < 1.29 is 20.4 Å². The Hall–Kier alpha value is -0.240. The molecular formula is C6H16N2O4. The molecule has 6 heteroatoms. The average Bonchev–Trinajstić information content (AvgIpc) is 2.01. The minimum absolute atomic E-state index is 0.573. The number of nitrogens with two attached hydrogens (primary N) is 2. The van der Waals surface area contributed by atoms with Crippen molar-refractivity contribution >= 4 is 0 Å². The van der Waals surface area contributed by atoms with Crippen LogP contribution in [-0.4, -0.2) is 51.0 Å². The predicted octanol–water partition coefficient (Wildman–Crippen LogP) is -3.30. The largest absolute Gasteiger partial charge is 0.395 e. The minimum atomic E-state index is -2.18. The highest BCUT2D eigenvalue weighted by molar-refractivity contribution is 4.92. The highest BCUT2D eigenvalue weighted by Gasteiger charge is 2.39. The molecule has 0 bridgehead atoms. The van der Waals surface area contributed by atoms with Gasteiger partial charge in [0.25, 0.3) is 0 Å². The summed E-state index contributed by atoms with van der Waals surface area (Å²) in [5, 5.41) is 35.9. The van der Waals surface area contributed by atoms with E-state index in [1.54, 1.807) is 0 Å². The number of rotatable bonds is 4. The maximum absolute atomic E-state index is 9.30. The van der Waals surface area contributed by atoms with E-state index in [0.717, 1.165) is 0 Å². The Balaban J connectivity index is 4.37. The Labute approximate surface area is 70.4 Å². The van der Waals surface area contributed by atoms with Gasteiger partial charge in [0.2, 0.25) is 0 Å². The Morgan fingerprint density at radius 3 is 2.08 bits per heavy atom. The fourth-order valence-electron chi connectivity index (χ4n) is 0.752. The van der Waals surface area contributed by atoms with Gasteiger partial charge >= 0.3 is 0 Å². The lowest BCUT2D eigenvalue weighted by atomic mass is 9.96. The third-order valence-corrected chi connectivity index (χ3v) is 1.72. The number of aliphatic hydroxyl groups is 4. The van der Waals surface area contributed by atoms with E-state index in [0.29, 0.717) is 0 Å². The lowest BCUT2D eigenvalue weighted by molar-refractivity contribution is -0.134. The second kappa shape index (κ2) is 4.13. The van der Waals surface area contributed by atoms with Gasteiger partial charge < -0.3 is 31.9 Å². The zero-order chi connectivity index (χ0) is 9.94. The van der Waals surface area contributed by atoms with Crippen molar-refractivity contribution in [3.8, 4) is 0 Å². The molecule has 0 aromatic rings. The first-order valence-electron chi connectivity index (χ1n) is 3.57. The molecule has 4 unspecified atom stereocenters. The topological polar surface area (TPSA) is 133 Å². The van der Waals surface area contributed by atoms with Crippen LogP contribution in [0.25, 0.3) is 0 Å². The van der Waals surface area contributed by atoms with Crippen molar-refractivity contribution in [1.29, 1.82) is 0 Å². The van der Waals surface area contributed by atoms with E-state index in [4.69, 9.17) is 26.8 Å². The standard InChI is InChI=1S/C6H16N2O4/c1-3(10)5(11)6(8,12)4(7)2-9/h3-5,9-12H,2,7-8H2,1H3. The molecule has 74 valence electrons. The molecular weight excluding hydrogens is 164 g/mol. The second-order valence-corrected chi connectivity index (χ2v) is 2.86. The van der Waals surface area contributed by atoms with Crippen LogP contribution in [0.2, 0.25) is 0 Å². The zero-order valence-corrected chi connectivity index (χ0v) is 6.88. The fourth-order valence-corrected chi connectivity index (χ4v) is 0.752. The van der Waals surface area contributed by atoms with Crippen LogP contribution in [0.15, 0.2) is 0 Å². The molecule has 0 saturated heterocycles. The van der Waals surface area contributed by atoms with Crippen LogP contribution < -0.4 is 11.5 Å². The minimum Gasteiger partial charge on any atom is -0.395 e. The summed E-state index contributed by atoms with van der Waals surface area (Å²) < 4.78 is 0. The summed E-state index contributed by atoms with van der Waals surface area (Å²) in [6.07, 6.45) is -2.79. The number of aliphatic hydroxyl groups excluding tert-OH is 3. The Bertz CT molecular complexity index is 140. The molecule has 0 amide bonds. The van der Waals surface area contributed by atoms with Crippen LogP contribution in [0.5, 0.6) is 0 Å². The molecule has 0 aliphatic heterocycles. The van der Waals surface area contributed by atoms with Crippen molar-refractivity contribution in [2.24, 2.45) is 11.5 Å². The van der Waals surface area contributed by atoms with Crippen LogP contribution in [0.3, 0.4) is 0 Å². The van der Waals surface area contributed by atoms with Crippen LogP contribution in [-0.2, 0) is 0 Å². The number of hydrogen-bond donors (Lipinski definition) is 6. The van der Waals surface area contributed by atoms with E-state index < -0.39 is 30.6 Å². The van der Waals surface area contributed by atoms with E-state index in [1.165, 1.54) is 6.92 Å². The van der Waals surface area contributed by atoms with Crippen LogP contribution in [0.4, 0.5) is 0 Å². The first-order chi connectivity index (χ1) is 5.34. The molecule has 0 saturated carbocycles. The zero-order valence-electron chi connectivity index (χ0n) is 6.88. The molecule has 4 atom stereocenters. The Morgan fingerprint density at radius 2 is 1.83 bits per heavy atom. The maximum atomic E-state index is 9.30. The fraction of sp³-hybridized carbons (Fsp3) is 1.00. The summed E-state index contributed by atoms with van der Waals surface area (Å²) in [7, 11) is 0. The van der Waals surface area contributed by atoms with Gasteiger partial charge in [-0.3, -0.25) is 0 Å². The lowest BCUT2D eigenvalue weighted by Crippen LogP contribution is -2.66.